The normalized spacial score (nSPS) is 22.7. The van der Waals surface area contributed by atoms with E-state index < -0.39 is 0 Å². The van der Waals surface area contributed by atoms with Crippen LogP contribution in [-0.2, 0) is 11.8 Å². The fourth-order valence-corrected chi connectivity index (χ4v) is 7.27. The molecule has 33 heavy (non-hydrogen) atoms. The summed E-state index contributed by atoms with van der Waals surface area (Å²) in [6.45, 7) is 1.82. The van der Waals surface area contributed by atoms with E-state index >= 15 is 0 Å². The highest BCUT2D eigenvalue weighted by molar-refractivity contribution is 7.15. The third-order valence-corrected chi connectivity index (χ3v) is 9.21. The van der Waals surface area contributed by atoms with Gasteiger partial charge in [-0.1, -0.05) is 41.9 Å². The van der Waals surface area contributed by atoms with Gasteiger partial charge >= 0.3 is 0 Å². The van der Waals surface area contributed by atoms with Gasteiger partial charge in [0.2, 0.25) is 0 Å². The van der Waals surface area contributed by atoms with Crippen LogP contribution in [0.1, 0.15) is 53.6 Å². The van der Waals surface area contributed by atoms with Crippen LogP contribution < -0.4 is 10.6 Å². The summed E-state index contributed by atoms with van der Waals surface area (Å²) >= 11 is 7.69. The lowest BCUT2D eigenvalue weighted by molar-refractivity contribution is 0.186. The minimum atomic E-state index is -0.0325. The molecule has 168 valence electrons. The summed E-state index contributed by atoms with van der Waals surface area (Å²) in [5, 5.41) is 7.85. The molecule has 0 amide bonds. The monoisotopic (exact) mass is 477 g/mol. The molecule has 1 saturated heterocycles. The van der Waals surface area contributed by atoms with Crippen molar-refractivity contribution >= 4 is 39.9 Å². The molecule has 7 nitrogen and oxygen atoms in total. The Morgan fingerprint density at radius 2 is 1.88 bits per heavy atom. The number of benzene rings is 1. The summed E-state index contributed by atoms with van der Waals surface area (Å²) < 4.78 is 0.602. The van der Waals surface area contributed by atoms with E-state index in [1.807, 2.05) is 6.20 Å². The SMILES string of the molecule is N[C@@H]1c2nc(Cl)sc2CC12CCN(c1cnc3c(C4(c5ccccc5)CC4)n[nH]c3n1)CC2. The molecular formula is C24H24ClN7S. The van der Waals surface area contributed by atoms with Crippen LogP contribution in [0.2, 0.25) is 4.47 Å². The Kier molecular flexibility index (Phi) is 4.20. The first kappa shape index (κ1) is 19.9. The summed E-state index contributed by atoms with van der Waals surface area (Å²) in [7, 11) is 0. The van der Waals surface area contributed by atoms with E-state index in [0.717, 1.165) is 73.6 Å². The third-order valence-electron chi connectivity index (χ3n) is 8.04. The number of halogens is 1. The number of aromatic nitrogens is 5. The van der Waals surface area contributed by atoms with Crippen LogP contribution >= 0.6 is 22.9 Å². The van der Waals surface area contributed by atoms with Crippen molar-refractivity contribution in [3.8, 4) is 0 Å². The minimum Gasteiger partial charge on any atom is -0.355 e. The number of nitrogens with one attached hydrogen (secondary N) is 1. The van der Waals surface area contributed by atoms with Gasteiger partial charge in [-0.25, -0.2) is 15.0 Å². The molecule has 9 heteroatoms. The number of anilines is 1. The van der Waals surface area contributed by atoms with Crippen molar-refractivity contribution in [1.29, 1.82) is 0 Å². The molecule has 2 aliphatic carbocycles. The fourth-order valence-electron chi connectivity index (χ4n) is 5.92. The number of nitrogens with zero attached hydrogens (tertiary/aromatic N) is 5. The number of fused-ring (bicyclic) bond motifs is 2. The Morgan fingerprint density at radius 3 is 2.61 bits per heavy atom. The number of thiazole rings is 1. The van der Waals surface area contributed by atoms with Crippen LogP contribution in [0.15, 0.2) is 36.5 Å². The summed E-state index contributed by atoms with van der Waals surface area (Å²) in [5.41, 5.74) is 11.7. The van der Waals surface area contributed by atoms with Gasteiger partial charge in [0.15, 0.2) is 10.1 Å². The first-order valence-electron chi connectivity index (χ1n) is 11.5. The topological polar surface area (TPSA) is 96.6 Å². The fraction of sp³-hybridized carbons (Fsp3) is 0.417. The molecule has 4 heterocycles. The van der Waals surface area contributed by atoms with Gasteiger partial charge in [-0.3, -0.25) is 5.10 Å². The molecule has 4 aromatic rings. The van der Waals surface area contributed by atoms with E-state index in [0.29, 0.717) is 4.47 Å². The number of piperidine rings is 1. The highest BCUT2D eigenvalue weighted by Gasteiger charge is 2.50. The Morgan fingerprint density at radius 1 is 1.09 bits per heavy atom. The quantitative estimate of drug-likeness (QED) is 0.454. The van der Waals surface area contributed by atoms with Crippen LogP contribution in [0.5, 0.6) is 0 Å². The lowest BCUT2D eigenvalue weighted by Gasteiger charge is -2.42. The molecular weight excluding hydrogens is 454 g/mol. The molecule has 1 atom stereocenters. The molecule has 0 unspecified atom stereocenters. The predicted molar refractivity (Wildman–Crippen MR) is 130 cm³/mol. The van der Waals surface area contributed by atoms with Crippen molar-refractivity contribution in [1.82, 2.24) is 25.1 Å². The largest absolute Gasteiger partial charge is 0.355 e. The maximum absolute atomic E-state index is 6.65. The van der Waals surface area contributed by atoms with E-state index in [1.165, 1.54) is 10.4 Å². The van der Waals surface area contributed by atoms with Gasteiger partial charge in [0.25, 0.3) is 0 Å². The molecule has 1 aromatic carbocycles. The second kappa shape index (κ2) is 6.98. The number of rotatable bonds is 3. The van der Waals surface area contributed by atoms with Crippen molar-refractivity contribution in [2.45, 2.75) is 43.6 Å². The highest BCUT2D eigenvalue weighted by Crippen LogP contribution is 2.54. The molecule has 2 fully saturated rings. The average molecular weight is 478 g/mol. The molecule has 7 rings (SSSR count). The molecule has 3 aliphatic rings. The van der Waals surface area contributed by atoms with Crippen LogP contribution in [-0.4, -0.2) is 38.2 Å². The van der Waals surface area contributed by atoms with Gasteiger partial charge in [-0.15, -0.1) is 11.3 Å². The summed E-state index contributed by atoms with van der Waals surface area (Å²) in [6.07, 6.45) is 7.12. The van der Waals surface area contributed by atoms with Crippen molar-refractivity contribution in [2.75, 3.05) is 18.0 Å². The Hall–Kier alpha value is -2.55. The molecule has 0 bridgehead atoms. The van der Waals surface area contributed by atoms with Crippen LogP contribution in [0.25, 0.3) is 11.2 Å². The number of hydrogen-bond donors (Lipinski definition) is 2. The van der Waals surface area contributed by atoms with Gasteiger partial charge in [0, 0.05) is 23.4 Å². The molecule has 1 spiro atoms. The number of hydrogen-bond acceptors (Lipinski definition) is 7. The van der Waals surface area contributed by atoms with E-state index in [4.69, 9.17) is 27.3 Å². The molecule has 3 aromatic heterocycles. The van der Waals surface area contributed by atoms with Crippen LogP contribution in [0, 0.1) is 5.41 Å². The zero-order valence-electron chi connectivity index (χ0n) is 18.1. The van der Waals surface area contributed by atoms with E-state index in [2.05, 4.69) is 50.4 Å². The highest BCUT2D eigenvalue weighted by atomic mass is 35.5. The Bertz CT molecular complexity index is 1350. The Balaban J connectivity index is 1.13. The van der Waals surface area contributed by atoms with Gasteiger partial charge in [-0.2, -0.15) is 5.10 Å². The Labute approximate surface area is 200 Å². The molecule has 1 saturated carbocycles. The summed E-state index contributed by atoms with van der Waals surface area (Å²) in [6, 6.07) is 10.6. The van der Waals surface area contributed by atoms with Crippen molar-refractivity contribution in [3.63, 3.8) is 0 Å². The number of H-pyrrole nitrogens is 1. The molecule has 3 N–H and O–H groups in total. The van der Waals surface area contributed by atoms with Gasteiger partial charge in [-0.05, 0) is 43.1 Å². The van der Waals surface area contributed by atoms with Crippen molar-refractivity contribution in [2.24, 2.45) is 11.1 Å². The van der Waals surface area contributed by atoms with Crippen LogP contribution in [0.4, 0.5) is 5.82 Å². The van der Waals surface area contributed by atoms with E-state index in [1.54, 1.807) is 11.3 Å². The third kappa shape index (κ3) is 2.90. The lowest BCUT2D eigenvalue weighted by atomic mass is 9.73. The maximum Gasteiger partial charge on any atom is 0.184 e. The van der Waals surface area contributed by atoms with E-state index in [-0.39, 0.29) is 16.9 Å². The average Bonchev–Trinajstić information content (AvgIpc) is 3.32. The lowest BCUT2D eigenvalue weighted by Crippen LogP contribution is -2.44. The van der Waals surface area contributed by atoms with Gasteiger partial charge in [0.1, 0.15) is 17.0 Å². The smallest absolute Gasteiger partial charge is 0.184 e. The van der Waals surface area contributed by atoms with Gasteiger partial charge in [0.05, 0.1) is 17.9 Å². The number of aromatic amines is 1. The second-order valence-corrected chi connectivity index (χ2v) is 11.4. The zero-order chi connectivity index (χ0) is 22.2. The summed E-state index contributed by atoms with van der Waals surface area (Å²) in [5.74, 6) is 0.902. The first-order valence-corrected chi connectivity index (χ1v) is 12.7. The maximum atomic E-state index is 6.65. The zero-order valence-corrected chi connectivity index (χ0v) is 19.7. The van der Waals surface area contributed by atoms with Crippen molar-refractivity contribution in [3.05, 3.63) is 62.8 Å². The number of nitrogens with two attached hydrogens (primary N) is 1. The predicted octanol–water partition coefficient (Wildman–Crippen LogP) is 4.39. The molecule has 0 radical (unpaired) electrons. The summed E-state index contributed by atoms with van der Waals surface area (Å²) in [4.78, 5) is 17.8. The second-order valence-electron chi connectivity index (χ2n) is 9.72. The van der Waals surface area contributed by atoms with Crippen LogP contribution in [0.3, 0.4) is 0 Å². The van der Waals surface area contributed by atoms with Gasteiger partial charge < -0.3 is 10.6 Å². The standard InChI is InChI=1S/C24H24ClN7S/c25-22-29-17-15(33-22)12-23(19(17)26)8-10-32(11-9-23)16-13-27-18-20(30-31-21(18)28-16)24(6-7-24)14-4-2-1-3-5-14/h1-5,13,19H,6-12,26H2,(H,28,30,31)/t19-/m1/s1. The first-order chi connectivity index (χ1) is 16.1. The minimum absolute atomic E-state index is 0.0252. The van der Waals surface area contributed by atoms with Crippen molar-refractivity contribution < 1.29 is 0 Å². The van der Waals surface area contributed by atoms with E-state index in [9.17, 15) is 0 Å². The molecule has 1 aliphatic heterocycles.